The number of methoxy groups -OCH3 is 1. The molecule has 0 saturated carbocycles. The molecule has 4 nitrogen and oxygen atoms in total. The van der Waals surface area contributed by atoms with Crippen molar-refractivity contribution in [2.45, 2.75) is 19.0 Å². The van der Waals surface area contributed by atoms with E-state index in [1.54, 1.807) is 0 Å². The first-order valence-electron chi connectivity index (χ1n) is 3.99. The van der Waals surface area contributed by atoms with E-state index in [9.17, 15) is 18.0 Å². The molecule has 0 amide bonds. The highest BCUT2D eigenvalue weighted by molar-refractivity contribution is 5.86. The molecule has 0 aromatic carbocycles. The third kappa shape index (κ3) is 2.97. The van der Waals surface area contributed by atoms with Crippen molar-refractivity contribution in [2.75, 3.05) is 7.11 Å². The fraction of sp³-hybridized carbons (Fsp3) is 0.500. The van der Waals surface area contributed by atoms with Gasteiger partial charge in [-0.2, -0.15) is 0 Å². The number of carbonyl (C=O) groups is 1. The summed E-state index contributed by atoms with van der Waals surface area (Å²) in [5.74, 6) is -1.03. The van der Waals surface area contributed by atoms with Gasteiger partial charge in [-0.3, -0.25) is 0 Å². The molecule has 7 heteroatoms. The maximum Gasteiger partial charge on any atom is 0.360 e. The van der Waals surface area contributed by atoms with E-state index in [1.165, 1.54) is 0 Å². The Bertz CT molecular complexity index is 340. The number of halogens is 3. The number of hydrogen-bond donors (Lipinski definition) is 0. The van der Waals surface area contributed by atoms with E-state index in [1.807, 2.05) is 0 Å². The molecule has 0 aliphatic carbocycles. The van der Waals surface area contributed by atoms with Gasteiger partial charge in [-0.15, -0.1) is 0 Å². The number of aromatic nitrogens is 1. The molecule has 0 N–H and O–H groups in total. The standard InChI is InChI=1S/C8H8F3NO3/c1-14-8(13)5-3-15-6(12-5)2-4(9)7(10)11/h3-4,7H,2H2,1H3. The van der Waals surface area contributed by atoms with Gasteiger partial charge in [0.05, 0.1) is 13.5 Å². The fourth-order valence-corrected chi connectivity index (χ4v) is 0.859. The van der Waals surface area contributed by atoms with Crippen molar-refractivity contribution in [3.05, 3.63) is 17.8 Å². The summed E-state index contributed by atoms with van der Waals surface area (Å²) in [7, 11) is 1.13. The lowest BCUT2D eigenvalue weighted by molar-refractivity contribution is 0.0468. The molecule has 1 aromatic heterocycles. The average molecular weight is 223 g/mol. The largest absolute Gasteiger partial charge is 0.464 e. The summed E-state index contributed by atoms with van der Waals surface area (Å²) in [6.45, 7) is 0. The Kier molecular flexibility index (Phi) is 3.70. The van der Waals surface area contributed by atoms with Crippen molar-refractivity contribution >= 4 is 5.97 Å². The van der Waals surface area contributed by atoms with Crippen LogP contribution in [0.15, 0.2) is 10.7 Å². The molecule has 1 atom stereocenters. The maximum absolute atomic E-state index is 12.5. The highest BCUT2D eigenvalue weighted by atomic mass is 19.3. The van der Waals surface area contributed by atoms with Gasteiger partial charge in [-0.05, 0) is 0 Å². The summed E-state index contributed by atoms with van der Waals surface area (Å²) < 4.78 is 45.1. The van der Waals surface area contributed by atoms with E-state index in [0.29, 0.717) is 0 Å². The van der Waals surface area contributed by atoms with E-state index in [-0.39, 0.29) is 11.6 Å². The van der Waals surface area contributed by atoms with Gasteiger partial charge in [0.1, 0.15) is 6.26 Å². The van der Waals surface area contributed by atoms with Crippen LogP contribution in [0.2, 0.25) is 0 Å². The highest BCUT2D eigenvalue weighted by Crippen LogP contribution is 2.13. The van der Waals surface area contributed by atoms with E-state index in [2.05, 4.69) is 14.1 Å². The molecule has 0 radical (unpaired) electrons. The lowest BCUT2D eigenvalue weighted by Crippen LogP contribution is -2.15. The van der Waals surface area contributed by atoms with Crippen molar-refractivity contribution < 1.29 is 27.1 Å². The Hall–Kier alpha value is -1.53. The number of nitrogens with zero attached hydrogens (tertiary/aromatic N) is 1. The molecule has 84 valence electrons. The first-order chi connectivity index (χ1) is 7.04. The zero-order chi connectivity index (χ0) is 11.4. The van der Waals surface area contributed by atoms with E-state index in [4.69, 9.17) is 0 Å². The second kappa shape index (κ2) is 4.81. The van der Waals surface area contributed by atoms with Crippen LogP contribution in [0.25, 0.3) is 0 Å². The van der Waals surface area contributed by atoms with Gasteiger partial charge in [-0.25, -0.2) is 22.9 Å². The predicted molar refractivity (Wildman–Crippen MR) is 42.4 cm³/mol. The molecular formula is C8H8F3NO3. The van der Waals surface area contributed by atoms with Gasteiger partial charge in [0, 0.05) is 0 Å². The molecular weight excluding hydrogens is 215 g/mol. The minimum atomic E-state index is -3.10. The van der Waals surface area contributed by atoms with E-state index < -0.39 is 25.0 Å². The van der Waals surface area contributed by atoms with Gasteiger partial charge in [-0.1, -0.05) is 0 Å². The van der Waals surface area contributed by atoms with Crippen LogP contribution in [0.5, 0.6) is 0 Å². The molecule has 0 aliphatic rings. The Morgan fingerprint density at radius 2 is 2.27 bits per heavy atom. The van der Waals surface area contributed by atoms with Crippen LogP contribution in [-0.4, -0.2) is 30.7 Å². The highest BCUT2D eigenvalue weighted by Gasteiger charge is 2.23. The Balaban J connectivity index is 2.64. The SMILES string of the molecule is COC(=O)c1coc(CC(F)C(F)F)n1. The molecule has 0 spiro atoms. The number of alkyl halides is 3. The van der Waals surface area contributed by atoms with Crippen LogP contribution in [0, 0.1) is 0 Å². The molecule has 0 fully saturated rings. The second-order valence-corrected chi connectivity index (χ2v) is 2.67. The molecule has 0 saturated heterocycles. The lowest BCUT2D eigenvalue weighted by atomic mass is 10.3. The predicted octanol–water partition coefficient (Wildman–Crippen LogP) is 1.61. The summed E-state index contributed by atoms with van der Waals surface area (Å²) >= 11 is 0. The first kappa shape index (κ1) is 11.5. The van der Waals surface area contributed by atoms with Gasteiger partial charge >= 0.3 is 5.97 Å². The molecule has 0 aliphatic heterocycles. The smallest absolute Gasteiger partial charge is 0.360 e. The molecule has 1 aromatic rings. The Morgan fingerprint density at radius 3 is 2.80 bits per heavy atom. The summed E-state index contributed by atoms with van der Waals surface area (Å²) in [5, 5.41) is 0. The normalized spacial score (nSPS) is 12.9. The summed E-state index contributed by atoms with van der Waals surface area (Å²) in [5.41, 5.74) is -0.172. The number of hydrogen-bond acceptors (Lipinski definition) is 4. The van der Waals surface area contributed by atoms with Crippen molar-refractivity contribution in [3.63, 3.8) is 0 Å². The number of esters is 1. The third-order valence-electron chi connectivity index (χ3n) is 1.59. The van der Waals surface area contributed by atoms with Gasteiger partial charge in [0.25, 0.3) is 6.43 Å². The van der Waals surface area contributed by atoms with Crippen LogP contribution >= 0.6 is 0 Å². The Labute approximate surface area is 83.0 Å². The minimum Gasteiger partial charge on any atom is -0.464 e. The molecule has 1 unspecified atom stereocenters. The average Bonchev–Trinajstić information content (AvgIpc) is 2.65. The third-order valence-corrected chi connectivity index (χ3v) is 1.59. The number of carbonyl (C=O) groups excluding carboxylic acids is 1. The molecule has 1 rings (SSSR count). The second-order valence-electron chi connectivity index (χ2n) is 2.67. The van der Waals surface area contributed by atoms with Crippen LogP contribution in [-0.2, 0) is 11.2 Å². The fourth-order valence-electron chi connectivity index (χ4n) is 0.859. The van der Waals surface area contributed by atoms with Crippen LogP contribution < -0.4 is 0 Å². The topological polar surface area (TPSA) is 52.3 Å². The maximum atomic E-state index is 12.5. The first-order valence-corrected chi connectivity index (χ1v) is 3.99. The van der Waals surface area contributed by atoms with Gasteiger partial charge in [0.15, 0.2) is 17.8 Å². The summed E-state index contributed by atoms with van der Waals surface area (Å²) in [6.07, 6.45) is -5.19. The lowest BCUT2D eigenvalue weighted by Gasteiger charge is -2.02. The van der Waals surface area contributed by atoms with Crippen molar-refractivity contribution in [2.24, 2.45) is 0 Å². The number of ether oxygens (including phenoxy) is 1. The number of oxazole rings is 1. The van der Waals surface area contributed by atoms with E-state index in [0.717, 1.165) is 13.4 Å². The van der Waals surface area contributed by atoms with Crippen LogP contribution in [0.1, 0.15) is 16.4 Å². The summed E-state index contributed by atoms with van der Waals surface area (Å²) in [4.78, 5) is 14.3. The van der Waals surface area contributed by atoms with Crippen molar-refractivity contribution in [3.8, 4) is 0 Å². The Morgan fingerprint density at radius 1 is 1.60 bits per heavy atom. The van der Waals surface area contributed by atoms with Crippen LogP contribution in [0.3, 0.4) is 0 Å². The minimum absolute atomic E-state index is 0.172. The molecule has 15 heavy (non-hydrogen) atoms. The van der Waals surface area contributed by atoms with Gasteiger partial charge < -0.3 is 9.15 Å². The van der Waals surface area contributed by atoms with Crippen molar-refractivity contribution in [1.29, 1.82) is 0 Å². The van der Waals surface area contributed by atoms with Gasteiger partial charge in [0.2, 0.25) is 0 Å². The zero-order valence-corrected chi connectivity index (χ0v) is 7.75. The van der Waals surface area contributed by atoms with E-state index >= 15 is 0 Å². The number of rotatable bonds is 4. The molecule has 0 bridgehead atoms. The van der Waals surface area contributed by atoms with Crippen LogP contribution in [0.4, 0.5) is 13.2 Å². The zero-order valence-electron chi connectivity index (χ0n) is 7.75. The monoisotopic (exact) mass is 223 g/mol. The quantitative estimate of drug-likeness (QED) is 0.727. The summed E-state index contributed by atoms with van der Waals surface area (Å²) in [6, 6.07) is 0. The molecule has 1 heterocycles. The van der Waals surface area contributed by atoms with Crippen molar-refractivity contribution in [1.82, 2.24) is 4.98 Å².